The zero-order valence-corrected chi connectivity index (χ0v) is 13.0. The van der Waals surface area contributed by atoms with Gasteiger partial charge < -0.3 is 11.1 Å². The minimum Gasteiger partial charge on any atom is -0.329 e. The molecule has 0 aliphatic heterocycles. The van der Waals surface area contributed by atoms with Crippen LogP contribution in [0.2, 0.25) is 0 Å². The number of amides is 1. The van der Waals surface area contributed by atoms with Crippen LogP contribution in [0.15, 0.2) is 27.6 Å². The van der Waals surface area contributed by atoms with Gasteiger partial charge in [0.15, 0.2) is 0 Å². The first kappa shape index (κ1) is 16.1. The molecule has 1 rings (SSSR count). The van der Waals surface area contributed by atoms with Crippen molar-refractivity contribution in [1.29, 1.82) is 0 Å². The van der Waals surface area contributed by atoms with Crippen molar-refractivity contribution in [2.45, 2.75) is 24.8 Å². The number of nitrogens with one attached hydrogen (secondary N) is 2. The summed E-state index contributed by atoms with van der Waals surface area (Å²) >= 11 is 3.22. The van der Waals surface area contributed by atoms with Gasteiger partial charge in [0.05, 0.1) is 10.6 Å². The van der Waals surface area contributed by atoms with Crippen molar-refractivity contribution in [3.8, 4) is 0 Å². The summed E-state index contributed by atoms with van der Waals surface area (Å²) < 4.78 is 27.0. The maximum atomic E-state index is 12.0. The van der Waals surface area contributed by atoms with Gasteiger partial charge in [-0.15, -0.1) is 0 Å². The number of nitrogens with two attached hydrogens (primary N) is 1. The molecular weight excluding hydrogens is 334 g/mol. The molecule has 0 radical (unpaired) electrons. The monoisotopic (exact) mass is 349 g/mol. The molecule has 1 amide bonds. The predicted molar refractivity (Wildman–Crippen MR) is 77.3 cm³/mol. The van der Waals surface area contributed by atoms with Crippen molar-refractivity contribution in [3.63, 3.8) is 0 Å². The van der Waals surface area contributed by atoms with Crippen LogP contribution in [0.3, 0.4) is 0 Å². The van der Waals surface area contributed by atoms with Gasteiger partial charge >= 0.3 is 0 Å². The molecule has 0 saturated carbocycles. The summed E-state index contributed by atoms with van der Waals surface area (Å²) in [4.78, 5) is 11.1. The van der Waals surface area contributed by atoms with E-state index < -0.39 is 10.0 Å². The highest BCUT2D eigenvalue weighted by atomic mass is 79.9. The number of carbonyl (C=O) groups is 1. The number of halogens is 1. The van der Waals surface area contributed by atoms with E-state index in [0.29, 0.717) is 10.2 Å². The van der Waals surface area contributed by atoms with Crippen LogP contribution in [0, 0.1) is 0 Å². The van der Waals surface area contributed by atoms with Gasteiger partial charge in [0.25, 0.3) is 0 Å². The zero-order valence-electron chi connectivity index (χ0n) is 10.6. The van der Waals surface area contributed by atoms with Crippen LogP contribution in [0.5, 0.6) is 0 Å². The summed E-state index contributed by atoms with van der Waals surface area (Å²) in [6.45, 7) is 3.27. The normalized spacial score (nSPS) is 13.1. The second-order valence-electron chi connectivity index (χ2n) is 4.08. The SMILES string of the molecule is CC(=O)Nc1ccc(S(=O)(=O)N[C@@H](C)CN)cc1Br. The maximum absolute atomic E-state index is 12.0. The topological polar surface area (TPSA) is 101 Å². The first-order valence-electron chi connectivity index (χ1n) is 5.56. The second-order valence-corrected chi connectivity index (χ2v) is 6.65. The molecular formula is C11H16BrN3O3S. The van der Waals surface area contributed by atoms with Crippen molar-refractivity contribution in [1.82, 2.24) is 4.72 Å². The van der Waals surface area contributed by atoms with E-state index in [1.165, 1.54) is 25.1 Å². The summed E-state index contributed by atoms with van der Waals surface area (Å²) in [5, 5.41) is 2.58. The fourth-order valence-electron chi connectivity index (χ4n) is 1.34. The highest BCUT2D eigenvalue weighted by Gasteiger charge is 2.17. The van der Waals surface area contributed by atoms with Crippen molar-refractivity contribution >= 4 is 37.5 Å². The summed E-state index contributed by atoms with van der Waals surface area (Å²) in [5.41, 5.74) is 5.89. The van der Waals surface area contributed by atoms with Gasteiger partial charge in [0.2, 0.25) is 15.9 Å². The Bertz CT molecular complexity index is 575. The first-order chi connectivity index (χ1) is 8.76. The highest BCUT2D eigenvalue weighted by Crippen LogP contribution is 2.25. The number of sulfonamides is 1. The van der Waals surface area contributed by atoms with Gasteiger partial charge in [0, 0.05) is 24.0 Å². The fourth-order valence-corrected chi connectivity index (χ4v) is 3.25. The van der Waals surface area contributed by atoms with Crippen LogP contribution < -0.4 is 15.8 Å². The van der Waals surface area contributed by atoms with Gasteiger partial charge in [-0.2, -0.15) is 0 Å². The molecule has 8 heteroatoms. The molecule has 0 aliphatic carbocycles. The summed E-state index contributed by atoms with van der Waals surface area (Å²) in [7, 11) is -3.61. The Labute approximate surface area is 120 Å². The van der Waals surface area contributed by atoms with E-state index in [2.05, 4.69) is 26.0 Å². The molecule has 1 aromatic rings. The molecule has 0 spiro atoms. The third-order valence-electron chi connectivity index (χ3n) is 2.27. The molecule has 0 fully saturated rings. The summed E-state index contributed by atoms with van der Waals surface area (Å²) in [6.07, 6.45) is 0. The lowest BCUT2D eigenvalue weighted by atomic mass is 10.3. The summed E-state index contributed by atoms with van der Waals surface area (Å²) in [5.74, 6) is -0.230. The van der Waals surface area contributed by atoms with E-state index in [0.717, 1.165) is 0 Å². The number of rotatable bonds is 5. The third-order valence-corrected chi connectivity index (χ3v) is 4.51. The van der Waals surface area contributed by atoms with Crippen LogP contribution in [0.4, 0.5) is 5.69 Å². The smallest absolute Gasteiger partial charge is 0.240 e. The highest BCUT2D eigenvalue weighted by molar-refractivity contribution is 9.10. The predicted octanol–water partition coefficient (Wildman–Crippen LogP) is 1.03. The number of carbonyl (C=O) groups excluding carboxylic acids is 1. The van der Waals surface area contributed by atoms with E-state index in [-0.39, 0.29) is 23.4 Å². The van der Waals surface area contributed by atoms with E-state index in [1.54, 1.807) is 6.92 Å². The first-order valence-corrected chi connectivity index (χ1v) is 7.83. The van der Waals surface area contributed by atoms with E-state index in [1.807, 2.05) is 0 Å². The zero-order chi connectivity index (χ0) is 14.6. The Morgan fingerprint density at radius 1 is 1.47 bits per heavy atom. The van der Waals surface area contributed by atoms with Gasteiger partial charge in [-0.1, -0.05) is 0 Å². The van der Waals surface area contributed by atoms with Gasteiger partial charge in [-0.05, 0) is 41.1 Å². The molecule has 19 heavy (non-hydrogen) atoms. The lowest BCUT2D eigenvalue weighted by Crippen LogP contribution is -2.37. The number of hydrogen-bond acceptors (Lipinski definition) is 4. The molecule has 106 valence electrons. The Morgan fingerprint density at radius 2 is 2.11 bits per heavy atom. The molecule has 4 N–H and O–H groups in total. The minimum atomic E-state index is -3.61. The third kappa shape index (κ3) is 4.57. The van der Waals surface area contributed by atoms with E-state index in [9.17, 15) is 13.2 Å². The molecule has 6 nitrogen and oxygen atoms in total. The van der Waals surface area contributed by atoms with Crippen molar-refractivity contribution in [2.75, 3.05) is 11.9 Å². The molecule has 0 aliphatic rings. The fraction of sp³-hybridized carbons (Fsp3) is 0.364. The average molecular weight is 350 g/mol. The van der Waals surface area contributed by atoms with Crippen molar-refractivity contribution < 1.29 is 13.2 Å². The molecule has 0 heterocycles. The number of hydrogen-bond donors (Lipinski definition) is 3. The molecule has 0 bridgehead atoms. The Morgan fingerprint density at radius 3 is 2.58 bits per heavy atom. The molecule has 1 atom stereocenters. The molecule has 0 saturated heterocycles. The number of benzene rings is 1. The summed E-state index contributed by atoms with van der Waals surface area (Å²) in [6, 6.07) is 4.02. The van der Waals surface area contributed by atoms with Gasteiger partial charge in [-0.25, -0.2) is 13.1 Å². The Hall–Kier alpha value is -0.960. The van der Waals surface area contributed by atoms with Gasteiger partial charge in [0.1, 0.15) is 0 Å². The minimum absolute atomic E-state index is 0.105. The van der Waals surface area contributed by atoms with E-state index >= 15 is 0 Å². The Balaban J connectivity index is 3.03. The van der Waals surface area contributed by atoms with Crippen molar-refractivity contribution in [3.05, 3.63) is 22.7 Å². The van der Waals surface area contributed by atoms with Crippen LogP contribution >= 0.6 is 15.9 Å². The van der Waals surface area contributed by atoms with Crippen LogP contribution in [0.1, 0.15) is 13.8 Å². The molecule has 0 aromatic heterocycles. The largest absolute Gasteiger partial charge is 0.329 e. The standard InChI is InChI=1S/C11H16BrN3O3S/c1-7(6-13)15-19(17,18)9-3-4-11(10(12)5-9)14-8(2)16/h3-5,7,15H,6,13H2,1-2H3,(H,14,16)/t7-/m0/s1. The number of anilines is 1. The van der Waals surface area contributed by atoms with E-state index in [4.69, 9.17) is 5.73 Å². The average Bonchev–Trinajstić information content (AvgIpc) is 2.30. The molecule has 0 unspecified atom stereocenters. The lowest BCUT2D eigenvalue weighted by Gasteiger charge is -2.13. The molecule has 1 aromatic carbocycles. The van der Waals surface area contributed by atoms with Crippen LogP contribution in [-0.4, -0.2) is 26.9 Å². The van der Waals surface area contributed by atoms with Crippen LogP contribution in [0.25, 0.3) is 0 Å². The van der Waals surface area contributed by atoms with Gasteiger partial charge in [-0.3, -0.25) is 4.79 Å². The Kier molecular flexibility index (Phi) is 5.48. The maximum Gasteiger partial charge on any atom is 0.240 e. The van der Waals surface area contributed by atoms with Crippen molar-refractivity contribution in [2.24, 2.45) is 5.73 Å². The lowest BCUT2D eigenvalue weighted by molar-refractivity contribution is -0.114. The van der Waals surface area contributed by atoms with Crippen LogP contribution in [-0.2, 0) is 14.8 Å². The quantitative estimate of drug-likeness (QED) is 0.738. The second kappa shape index (κ2) is 6.47.